The number of carbonyl (C=O) groups is 2. The summed E-state index contributed by atoms with van der Waals surface area (Å²) in [6.07, 6.45) is 32.6. The van der Waals surface area contributed by atoms with Crippen molar-refractivity contribution < 1.29 is 23.8 Å². The van der Waals surface area contributed by atoms with Gasteiger partial charge in [-0.3, -0.25) is 4.79 Å². The molecule has 0 radical (unpaired) electrons. The van der Waals surface area contributed by atoms with E-state index in [2.05, 4.69) is 24.5 Å². The molecule has 0 saturated heterocycles. The number of carbonyl (C=O) groups excluding carboxylic acids is 2. The minimum Gasteiger partial charge on any atom is -0.445 e. The van der Waals surface area contributed by atoms with E-state index in [4.69, 9.17) is 19.9 Å². The van der Waals surface area contributed by atoms with Crippen molar-refractivity contribution in [3.8, 4) is 0 Å². The summed E-state index contributed by atoms with van der Waals surface area (Å²) >= 11 is 0. The molecular weight excluding hydrogens is 663 g/mol. The zero-order chi connectivity index (χ0) is 38.3. The van der Waals surface area contributed by atoms with Gasteiger partial charge in [0.2, 0.25) is 5.91 Å². The van der Waals surface area contributed by atoms with Crippen molar-refractivity contribution in [2.45, 2.75) is 206 Å². The van der Waals surface area contributed by atoms with Crippen molar-refractivity contribution in [2.24, 2.45) is 5.73 Å². The summed E-state index contributed by atoms with van der Waals surface area (Å²) in [4.78, 5) is 26.0. The zero-order valence-electron chi connectivity index (χ0n) is 34.5. The number of hydrogen-bond acceptors (Lipinski definition) is 6. The lowest BCUT2D eigenvalue weighted by molar-refractivity contribution is -0.124. The lowest BCUT2D eigenvalue weighted by Gasteiger charge is -2.22. The van der Waals surface area contributed by atoms with Crippen molar-refractivity contribution in [1.82, 2.24) is 10.6 Å². The lowest BCUT2D eigenvalue weighted by Crippen LogP contribution is -2.49. The van der Waals surface area contributed by atoms with Crippen molar-refractivity contribution in [3.63, 3.8) is 0 Å². The summed E-state index contributed by atoms with van der Waals surface area (Å²) in [6.45, 7) is 7.38. The Labute approximate surface area is 326 Å². The van der Waals surface area contributed by atoms with E-state index >= 15 is 0 Å². The number of benzene rings is 1. The molecule has 4 N–H and O–H groups in total. The number of hydrogen-bond donors (Lipinski definition) is 3. The van der Waals surface area contributed by atoms with Gasteiger partial charge in [-0.2, -0.15) is 0 Å². The van der Waals surface area contributed by atoms with E-state index in [1.165, 1.54) is 135 Å². The van der Waals surface area contributed by atoms with Crippen LogP contribution in [0.15, 0.2) is 30.3 Å². The second kappa shape index (κ2) is 38.1. The largest absolute Gasteiger partial charge is 0.445 e. The number of alkyl carbamates (subject to hydrolysis) is 1. The molecule has 53 heavy (non-hydrogen) atoms. The van der Waals surface area contributed by atoms with Gasteiger partial charge in [-0.25, -0.2) is 4.79 Å². The molecule has 0 fully saturated rings. The summed E-state index contributed by atoms with van der Waals surface area (Å²) < 4.78 is 17.8. The third-order valence-corrected chi connectivity index (χ3v) is 10.1. The quantitative estimate of drug-likeness (QED) is 0.0579. The Morgan fingerprint density at radius 1 is 0.623 bits per heavy atom. The molecule has 0 aliphatic rings. The highest BCUT2D eigenvalue weighted by Gasteiger charge is 2.22. The molecule has 2 amide bonds. The van der Waals surface area contributed by atoms with Crippen LogP contribution >= 0.6 is 0 Å². The molecule has 1 aromatic rings. The first kappa shape index (κ1) is 48.9. The second-order valence-corrected chi connectivity index (χ2v) is 15.1. The lowest BCUT2D eigenvalue weighted by atomic mass is 10.1. The first-order chi connectivity index (χ1) is 26.1. The fourth-order valence-corrected chi connectivity index (χ4v) is 6.63. The third kappa shape index (κ3) is 31.9. The summed E-state index contributed by atoms with van der Waals surface area (Å²) in [5.74, 6) is -0.237. The molecule has 0 aromatic heterocycles. The molecule has 0 aliphatic heterocycles. The standard InChI is InChI=1S/C45H83N3O5/c1-3-5-7-9-11-13-15-17-19-21-23-30-36-51-40-42(52-37-31-24-22-20-18-16-14-12-10-8-6-4-2)38-47-44(49)43(34-28-29-35-46)48-45(50)53-39-41-32-26-25-27-33-41/h25-27,32-33,42-43H,3-24,28-31,34-40,46H2,1-2H3,(H,47,49)(H,48,50)/t42?,43-/m1/s1. The first-order valence-electron chi connectivity index (χ1n) is 22.2. The maximum absolute atomic E-state index is 13.3. The van der Waals surface area contributed by atoms with Gasteiger partial charge in [0.25, 0.3) is 0 Å². The third-order valence-electron chi connectivity index (χ3n) is 10.1. The predicted molar refractivity (Wildman–Crippen MR) is 222 cm³/mol. The average Bonchev–Trinajstić information content (AvgIpc) is 3.17. The van der Waals surface area contributed by atoms with Crippen molar-refractivity contribution in [1.29, 1.82) is 0 Å². The van der Waals surface area contributed by atoms with E-state index in [-0.39, 0.29) is 18.6 Å². The van der Waals surface area contributed by atoms with Gasteiger partial charge < -0.3 is 30.6 Å². The molecule has 8 nitrogen and oxygen atoms in total. The van der Waals surface area contributed by atoms with Crippen LogP contribution in [0.4, 0.5) is 4.79 Å². The minimum atomic E-state index is -0.705. The van der Waals surface area contributed by atoms with Crippen molar-refractivity contribution in [3.05, 3.63) is 35.9 Å². The monoisotopic (exact) mass is 746 g/mol. The molecule has 0 spiro atoms. The molecule has 1 unspecified atom stereocenters. The van der Waals surface area contributed by atoms with Crippen LogP contribution in [-0.4, -0.2) is 57.1 Å². The van der Waals surface area contributed by atoms with E-state index in [9.17, 15) is 9.59 Å². The molecular formula is C45H83N3O5. The Kier molecular flexibility index (Phi) is 35.1. The second-order valence-electron chi connectivity index (χ2n) is 15.1. The first-order valence-corrected chi connectivity index (χ1v) is 22.2. The fraction of sp³-hybridized carbons (Fsp3) is 0.822. The Morgan fingerprint density at radius 3 is 1.62 bits per heavy atom. The minimum absolute atomic E-state index is 0.148. The van der Waals surface area contributed by atoms with Crippen LogP contribution in [0, 0.1) is 0 Å². The highest BCUT2D eigenvalue weighted by molar-refractivity contribution is 5.85. The number of amides is 2. The molecule has 308 valence electrons. The van der Waals surface area contributed by atoms with Crippen LogP contribution < -0.4 is 16.4 Å². The van der Waals surface area contributed by atoms with Gasteiger partial charge in [0.05, 0.1) is 12.7 Å². The van der Waals surface area contributed by atoms with Gasteiger partial charge in [0.1, 0.15) is 12.6 Å². The fourth-order valence-electron chi connectivity index (χ4n) is 6.63. The van der Waals surface area contributed by atoms with Crippen LogP contribution in [0.25, 0.3) is 0 Å². The Balaban J connectivity index is 2.45. The smallest absolute Gasteiger partial charge is 0.408 e. The summed E-state index contributed by atoms with van der Waals surface area (Å²) in [5.41, 5.74) is 6.60. The van der Waals surface area contributed by atoms with Crippen LogP contribution in [0.5, 0.6) is 0 Å². The van der Waals surface area contributed by atoms with Crippen molar-refractivity contribution in [2.75, 3.05) is 32.9 Å². The van der Waals surface area contributed by atoms with Crippen LogP contribution in [0.3, 0.4) is 0 Å². The van der Waals surface area contributed by atoms with Gasteiger partial charge >= 0.3 is 6.09 Å². The number of nitrogens with one attached hydrogen (secondary N) is 2. The molecule has 8 heteroatoms. The van der Waals surface area contributed by atoms with E-state index in [0.29, 0.717) is 39.3 Å². The topological polar surface area (TPSA) is 112 Å². The van der Waals surface area contributed by atoms with Crippen LogP contribution in [0.2, 0.25) is 0 Å². The number of nitrogens with two attached hydrogens (primary N) is 1. The Morgan fingerprint density at radius 2 is 1.11 bits per heavy atom. The number of unbranched alkanes of at least 4 members (excludes halogenated alkanes) is 23. The van der Waals surface area contributed by atoms with E-state index in [0.717, 1.165) is 37.7 Å². The summed E-state index contributed by atoms with van der Waals surface area (Å²) in [6, 6.07) is 8.81. The number of ether oxygens (including phenoxy) is 3. The maximum atomic E-state index is 13.3. The van der Waals surface area contributed by atoms with Gasteiger partial charge in [-0.15, -0.1) is 0 Å². The average molecular weight is 746 g/mol. The van der Waals surface area contributed by atoms with E-state index in [1.54, 1.807) is 0 Å². The van der Waals surface area contributed by atoms with Gasteiger partial charge in [-0.05, 0) is 44.2 Å². The van der Waals surface area contributed by atoms with Gasteiger partial charge in [0.15, 0.2) is 0 Å². The van der Waals surface area contributed by atoms with E-state index < -0.39 is 12.1 Å². The molecule has 1 aromatic carbocycles. The van der Waals surface area contributed by atoms with E-state index in [1.807, 2.05) is 30.3 Å². The zero-order valence-corrected chi connectivity index (χ0v) is 34.5. The normalized spacial score (nSPS) is 12.4. The molecule has 0 heterocycles. The molecule has 0 aliphatic carbocycles. The predicted octanol–water partition coefficient (Wildman–Crippen LogP) is 11.3. The Hall–Kier alpha value is -2.16. The molecule has 1 rings (SSSR count). The molecule has 0 bridgehead atoms. The summed E-state index contributed by atoms with van der Waals surface area (Å²) in [7, 11) is 0. The SMILES string of the molecule is CCCCCCCCCCCCCCOCC(CNC(=O)[C@@H](CCCCN)NC(=O)OCc1ccccc1)OCCCCCCCCCCCCCC. The molecule has 2 atom stereocenters. The molecule has 0 saturated carbocycles. The summed E-state index contributed by atoms with van der Waals surface area (Å²) in [5, 5.41) is 5.82. The van der Waals surface area contributed by atoms with Crippen molar-refractivity contribution >= 4 is 12.0 Å². The highest BCUT2D eigenvalue weighted by atomic mass is 16.5. The number of rotatable bonds is 39. The highest BCUT2D eigenvalue weighted by Crippen LogP contribution is 2.14. The Bertz CT molecular complexity index is 934. The maximum Gasteiger partial charge on any atom is 0.408 e. The van der Waals surface area contributed by atoms with Gasteiger partial charge in [0, 0.05) is 19.8 Å². The van der Waals surface area contributed by atoms with Crippen LogP contribution in [0.1, 0.15) is 193 Å². The van der Waals surface area contributed by atoms with Crippen LogP contribution in [-0.2, 0) is 25.6 Å². The van der Waals surface area contributed by atoms with Gasteiger partial charge in [-0.1, -0.05) is 185 Å².